The van der Waals surface area contributed by atoms with Crippen LogP contribution in [0.25, 0.3) is 0 Å². The van der Waals surface area contributed by atoms with E-state index in [4.69, 9.17) is 18.9 Å². The van der Waals surface area contributed by atoms with Crippen molar-refractivity contribution in [3.8, 4) is 23.0 Å². The first-order valence-corrected chi connectivity index (χ1v) is 10.1. The normalized spacial score (nSPS) is 10.2. The molecule has 0 bridgehead atoms. The van der Waals surface area contributed by atoms with Crippen LogP contribution in [0.1, 0.15) is 41.4 Å². The van der Waals surface area contributed by atoms with Crippen LogP contribution >= 0.6 is 0 Å². The minimum absolute atomic E-state index is 0.0228. The number of benzene rings is 3. The highest BCUT2D eigenvalue weighted by atomic mass is 16.5. The van der Waals surface area contributed by atoms with Crippen molar-refractivity contribution < 1.29 is 38.1 Å². The summed E-state index contributed by atoms with van der Waals surface area (Å²) in [7, 11) is 5.68. The highest BCUT2D eigenvalue weighted by molar-refractivity contribution is 6.54. The molecule has 0 fully saturated rings. The Bertz CT molecular complexity index is 1250. The smallest absolute Gasteiger partial charge is 0.234 e. The number of hydrogen-bond donors (Lipinski definition) is 0. The van der Waals surface area contributed by atoms with Gasteiger partial charge in [0, 0.05) is 28.3 Å². The minimum atomic E-state index is -0.945. The molecule has 0 radical (unpaired) electrons. The third kappa shape index (κ3) is 4.80. The maximum absolute atomic E-state index is 13.1. The molecule has 3 aromatic rings. The molecular formula is C26H22O8. The lowest BCUT2D eigenvalue weighted by Gasteiger charge is -2.11. The summed E-state index contributed by atoms with van der Waals surface area (Å²) in [5, 5.41) is 0. The van der Waals surface area contributed by atoms with Gasteiger partial charge in [-0.05, 0) is 30.3 Å². The predicted molar refractivity (Wildman–Crippen MR) is 123 cm³/mol. The fourth-order valence-corrected chi connectivity index (χ4v) is 3.30. The van der Waals surface area contributed by atoms with Crippen molar-refractivity contribution in [1.29, 1.82) is 0 Å². The minimum Gasteiger partial charge on any atom is -0.497 e. The van der Waals surface area contributed by atoms with Crippen molar-refractivity contribution >= 4 is 23.1 Å². The summed E-state index contributed by atoms with van der Waals surface area (Å²) < 4.78 is 20.6. The van der Waals surface area contributed by atoms with Crippen molar-refractivity contribution in [3.63, 3.8) is 0 Å². The maximum atomic E-state index is 13.1. The SMILES string of the molecule is COc1cc(OC)cc(C(=O)C(=O)c2ccccc2C(=O)C(=O)c2ccc(OC)c(OC)c2)c1. The number of ether oxygens (including phenoxy) is 4. The predicted octanol–water partition coefficient (Wildman–Crippen LogP) is 3.85. The lowest BCUT2D eigenvalue weighted by molar-refractivity contribution is 0.0800. The van der Waals surface area contributed by atoms with E-state index in [2.05, 4.69) is 0 Å². The van der Waals surface area contributed by atoms with E-state index in [1.807, 2.05) is 0 Å². The molecule has 0 unspecified atom stereocenters. The summed E-state index contributed by atoms with van der Waals surface area (Å²) >= 11 is 0. The van der Waals surface area contributed by atoms with Gasteiger partial charge in [0.15, 0.2) is 11.5 Å². The molecule has 0 amide bonds. The van der Waals surface area contributed by atoms with Gasteiger partial charge in [0.25, 0.3) is 0 Å². The van der Waals surface area contributed by atoms with E-state index in [0.717, 1.165) is 0 Å². The number of methoxy groups -OCH3 is 4. The van der Waals surface area contributed by atoms with E-state index in [9.17, 15) is 19.2 Å². The van der Waals surface area contributed by atoms with Crippen molar-refractivity contribution in [3.05, 3.63) is 82.9 Å². The summed E-state index contributed by atoms with van der Waals surface area (Å²) in [5.41, 5.74) is -0.299. The highest BCUT2D eigenvalue weighted by Gasteiger charge is 2.28. The molecule has 8 heteroatoms. The van der Waals surface area contributed by atoms with Crippen LogP contribution in [0.5, 0.6) is 23.0 Å². The van der Waals surface area contributed by atoms with Crippen LogP contribution in [0.3, 0.4) is 0 Å². The first kappa shape index (κ1) is 24.2. The zero-order chi connectivity index (χ0) is 24.8. The third-order valence-electron chi connectivity index (χ3n) is 5.09. The Morgan fingerprint density at radius 1 is 0.500 bits per heavy atom. The summed E-state index contributed by atoms with van der Waals surface area (Å²) in [6, 6.07) is 14.3. The number of hydrogen-bond acceptors (Lipinski definition) is 8. The third-order valence-corrected chi connectivity index (χ3v) is 5.09. The molecule has 0 spiro atoms. The molecule has 174 valence electrons. The van der Waals surface area contributed by atoms with Crippen LogP contribution in [-0.4, -0.2) is 51.6 Å². The Hall–Kier alpha value is -4.46. The van der Waals surface area contributed by atoms with Crippen LogP contribution in [0.2, 0.25) is 0 Å². The van der Waals surface area contributed by atoms with Crippen molar-refractivity contribution in [2.45, 2.75) is 0 Å². The van der Waals surface area contributed by atoms with Gasteiger partial charge in [0.05, 0.1) is 28.4 Å². The molecule has 0 heterocycles. The van der Waals surface area contributed by atoms with E-state index in [1.54, 1.807) is 6.07 Å². The Morgan fingerprint density at radius 2 is 1.00 bits per heavy atom. The molecule has 0 aromatic heterocycles. The molecule has 34 heavy (non-hydrogen) atoms. The average Bonchev–Trinajstić information content (AvgIpc) is 2.90. The molecule has 0 saturated carbocycles. The van der Waals surface area contributed by atoms with Crippen LogP contribution in [0, 0.1) is 0 Å². The summed E-state index contributed by atoms with van der Waals surface area (Å²) in [6.45, 7) is 0. The van der Waals surface area contributed by atoms with Crippen LogP contribution in [-0.2, 0) is 0 Å². The van der Waals surface area contributed by atoms with Crippen molar-refractivity contribution in [2.24, 2.45) is 0 Å². The van der Waals surface area contributed by atoms with E-state index in [0.29, 0.717) is 17.2 Å². The van der Waals surface area contributed by atoms with E-state index in [1.165, 1.54) is 83.0 Å². The first-order valence-electron chi connectivity index (χ1n) is 10.1. The summed E-state index contributed by atoms with van der Waals surface area (Å²) in [4.78, 5) is 52.0. The molecule has 0 saturated heterocycles. The summed E-state index contributed by atoms with van der Waals surface area (Å²) in [5.74, 6) is -2.32. The fourth-order valence-electron chi connectivity index (χ4n) is 3.30. The lowest BCUT2D eigenvalue weighted by Crippen LogP contribution is -2.22. The standard InChI is InChI=1S/C26H22O8/c1-31-17-11-16(12-18(14-17)32-2)24(28)26(30)20-8-6-5-7-19(20)25(29)23(27)15-9-10-21(33-3)22(13-15)34-4/h5-14H,1-4H3. The zero-order valence-corrected chi connectivity index (χ0v) is 19.0. The number of rotatable bonds is 10. The van der Waals surface area contributed by atoms with Crippen LogP contribution in [0.15, 0.2) is 60.7 Å². The zero-order valence-electron chi connectivity index (χ0n) is 19.0. The molecule has 0 atom stereocenters. The summed E-state index contributed by atoms with van der Waals surface area (Å²) in [6.07, 6.45) is 0. The Balaban J connectivity index is 1.97. The molecule has 0 N–H and O–H groups in total. The molecule has 0 aliphatic rings. The first-order chi connectivity index (χ1) is 16.3. The topological polar surface area (TPSA) is 105 Å². The van der Waals surface area contributed by atoms with Gasteiger partial charge in [0.2, 0.25) is 23.1 Å². The van der Waals surface area contributed by atoms with Crippen molar-refractivity contribution in [1.82, 2.24) is 0 Å². The number of ketones is 4. The second-order valence-electron chi connectivity index (χ2n) is 7.03. The second kappa shape index (κ2) is 10.4. The van der Waals surface area contributed by atoms with Crippen molar-refractivity contribution in [2.75, 3.05) is 28.4 Å². The van der Waals surface area contributed by atoms with Gasteiger partial charge >= 0.3 is 0 Å². The van der Waals surface area contributed by atoms with Gasteiger partial charge in [-0.15, -0.1) is 0 Å². The molecule has 3 rings (SSSR count). The molecule has 0 aliphatic heterocycles. The van der Waals surface area contributed by atoms with Gasteiger partial charge in [-0.3, -0.25) is 19.2 Å². The lowest BCUT2D eigenvalue weighted by atomic mass is 9.92. The van der Waals surface area contributed by atoms with Crippen LogP contribution in [0.4, 0.5) is 0 Å². The van der Waals surface area contributed by atoms with Gasteiger partial charge in [-0.1, -0.05) is 24.3 Å². The molecule has 0 aliphatic carbocycles. The number of Topliss-reactive ketones (excluding diaryl/α,β-unsaturated/α-hetero) is 4. The Labute approximate surface area is 196 Å². The maximum Gasteiger partial charge on any atom is 0.234 e. The van der Waals surface area contributed by atoms with Gasteiger partial charge in [-0.2, -0.15) is 0 Å². The molecule has 8 nitrogen and oxygen atoms in total. The van der Waals surface area contributed by atoms with E-state index < -0.39 is 23.1 Å². The monoisotopic (exact) mass is 462 g/mol. The van der Waals surface area contributed by atoms with Crippen LogP contribution < -0.4 is 18.9 Å². The quantitative estimate of drug-likeness (QED) is 0.330. The Morgan fingerprint density at radius 3 is 1.47 bits per heavy atom. The molecule has 3 aromatic carbocycles. The molecular weight excluding hydrogens is 440 g/mol. The average molecular weight is 462 g/mol. The van der Waals surface area contributed by atoms with E-state index in [-0.39, 0.29) is 28.0 Å². The highest BCUT2D eigenvalue weighted by Crippen LogP contribution is 2.29. The largest absolute Gasteiger partial charge is 0.497 e. The second-order valence-corrected chi connectivity index (χ2v) is 7.03. The fraction of sp³-hybridized carbons (Fsp3) is 0.154. The van der Waals surface area contributed by atoms with E-state index >= 15 is 0 Å². The number of carbonyl (C=O) groups is 4. The van der Waals surface area contributed by atoms with Gasteiger partial charge < -0.3 is 18.9 Å². The van der Waals surface area contributed by atoms with Gasteiger partial charge in [0.1, 0.15) is 11.5 Å². The van der Waals surface area contributed by atoms with Gasteiger partial charge in [-0.25, -0.2) is 0 Å². The number of carbonyl (C=O) groups excluding carboxylic acids is 4. The Kier molecular flexibility index (Phi) is 7.43.